The van der Waals surface area contributed by atoms with Gasteiger partial charge in [-0.15, -0.1) is 0 Å². The van der Waals surface area contributed by atoms with Gasteiger partial charge < -0.3 is 9.80 Å². The summed E-state index contributed by atoms with van der Waals surface area (Å²) in [5, 5.41) is 0. The van der Waals surface area contributed by atoms with Gasteiger partial charge in [-0.25, -0.2) is 8.42 Å². The van der Waals surface area contributed by atoms with Crippen LogP contribution in [0.15, 0.2) is 18.2 Å². The molecule has 154 valence electrons. The normalized spacial score (nSPS) is 18.0. The number of carbonyl (C=O) groups excluding carboxylic acids is 2. The number of hydrogen-bond acceptors (Lipinski definition) is 5. The second kappa shape index (κ2) is 8.08. The Morgan fingerprint density at radius 2 is 1.82 bits per heavy atom. The first-order valence-corrected chi connectivity index (χ1v) is 11.3. The smallest absolute Gasteiger partial charge is 0.253 e. The molecule has 1 fully saturated rings. The van der Waals surface area contributed by atoms with Crippen LogP contribution in [-0.4, -0.2) is 94.6 Å². The van der Waals surface area contributed by atoms with Crippen LogP contribution in [0, 0.1) is 0 Å². The van der Waals surface area contributed by atoms with Crippen molar-refractivity contribution in [2.24, 2.45) is 0 Å². The SMILES string of the molecule is CN(C)C(=O)CN1CCCN(C(=O)c2ccc3c(c2)CCN3S(C)(=O)=O)CC1. The van der Waals surface area contributed by atoms with Crippen LogP contribution in [0.25, 0.3) is 0 Å². The molecule has 2 aliphatic rings. The summed E-state index contributed by atoms with van der Waals surface area (Å²) in [7, 11) is 0.194. The minimum Gasteiger partial charge on any atom is -0.348 e. The third-order valence-electron chi connectivity index (χ3n) is 5.31. The van der Waals surface area contributed by atoms with Gasteiger partial charge in [-0.2, -0.15) is 0 Å². The first-order valence-electron chi connectivity index (χ1n) is 9.49. The molecule has 0 spiro atoms. The van der Waals surface area contributed by atoms with Crippen LogP contribution in [0.2, 0.25) is 0 Å². The Morgan fingerprint density at radius 1 is 1.07 bits per heavy atom. The van der Waals surface area contributed by atoms with Gasteiger partial charge >= 0.3 is 0 Å². The molecule has 0 radical (unpaired) electrons. The van der Waals surface area contributed by atoms with Crippen LogP contribution < -0.4 is 4.31 Å². The molecule has 2 heterocycles. The second-order valence-corrected chi connectivity index (χ2v) is 9.55. The zero-order valence-corrected chi connectivity index (χ0v) is 17.5. The highest BCUT2D eigenvalue weighted by molar-refractivity contribution is 7.92. The molecule has 8 nitrogen and oxygen atoms in total. The Labute approximate surface area is 166 Å². The minimum absolute atomic E-state index is 0.0404. The van der Waals surface area contributed by atoms with Crippen LogP contribution in [-0.2, 0) is 21.2 Å². The fraction of sp³-hybridized carbons (Fsp3) is 0.579. The van der Waals surface area contributed by atoms with Crippen molar-refractivity contribution in [3.63, 3.8) is 0 Å². The van der Waals surface area contributed by atoms with Crippen molar-refractivity contribution in [1.29, 1.82) is 0 Å². The second-order valence-electron chi connectivity index (χ2n) is 7.64. The van der Waals surface area contributed by atoms with Gasteiger partial charge in [0, 0.05) is 52.4 Å². The van der Waals surface area contributed by atoms with Gasteiger partial charge in [0.1, 0.15) is 0 Å². The molecule has 0 unspecified atom stereocenters. The van der Waals surface area contributed by atoms with E-state index in [0.29, 0.717) is 50.4 Å². The van der Waals surface area contributed by atoms with E-state index in [2.05, 4.69) is 4.90 Å². The van der Waals surface area contributed by atoms with Crippen molar-refractivity contribution in [2.75, 3.05) is 63.9 Å². The summed E-state index contributed by atoms with van der Waals surface area (Å²) in [5.74, 6) is 0.0234. The van der Waals surface area contributed by atoms with Gasteiger partial charge in [0.2, 0.25) is 15.9 Å². The lowest BCUT2D eigenvalue weighted by Gasteiger charge is -2.23. The van der Waals surface area contributed by atoms with Crippen molar-refractivity contribution in [2.45, 2.75) is 12.8 Å². The Hall–Kier alpha value is -2.13. The van der Waals surface area contributed by atoms with E-state index in [-0.39, 0.29) is 11.8 Å². The van der Waals surface area contributed by atoms with Crippen LogP contribution in [0.4, 0.5) is 5.69 Å². The maximum Gasteiger partial charge on any atom is 0.253 e. The first-order chi connectivity index (χ1) is 13.2. The van der Waals surface area contributed by atoms with E-state index < -0.39 is 10.0 Å². The summed E-state index contributed by atoms with van der Waals surface area (Å²) < 4.78 is 25.1. The summed E-state index contributed by atoms with van der Waals surface area (Å²) in [5.41, 5.74) is 2.15. The zero-order valence-electron chi connectivity index (χ0n) is 16.7. The van der Waals surface area contributed by atoms with Crippen molar-refractivity contribution < 1.29 is 18.0 Å². The fourth-order valence-electron chi connectivity index (χ4n) is 3.70. The summed E-state index contributed by atoms with van der Waals surface area (Å²) in [6.45, 7) is 3.47. The number of sulfonamides is 1. The molecule has 0 saturated carbocycles. The number of hydrogen-bond donors (Lipinski definition) is 0. The van der Waals surface area contributed by atoms with Crippen molar-refractivity contribution in [3.8, 4) is 0 Å². The molecule has 0 bridgehead atoms. The highest BCUT2D eigenvalue weighted by Crippen LogP contribution is 2.31. The number of benzene rings is 1. The average molecular weight is 409 g/mol. The lowest BCUT2D eigenvalue weighted by atomic mass is 10.1. The van der Waals surface area contributed by atoms with E-state index in [1.165, 1.54) is 10.6 Å². The third-order valence-corrected chi connectivity index (χ3v) is 6.49. The molecule has 1 aromatic rings. The third kappa shape index (κ3) is 4.47. The number of likely N-dealkylation sites (N-methyl/N-ethyl adjacent to an activating group) is 1. The Kier molecular flexibility index (Phi) is 5.95. The van der Waals surface area contributed by atoms with E-state index in [9.17, 15) is 18.0 Å². The van der Waals surface area contributed by atoms with Crippen LogP contribution >= 0.6 is 0 Å². The van der Waals surface area contributed by atoms with E-state index >= 15 is 0 Å². The molecule has 28 heavy (non-hydrogen) atoms. The number of amides is 2. The summed E-state index contributed by atoms with van der Waals surface area (Å²) in [4.78, 5) is 30.4. The predicted molar refractivity (Wildman–Crippen MR) is 108 cm³/mol. The Morgan fingerprint density at radius 3 is 2.50 bits per heavy atom. The number of nitrogens with zero attached hydrogens (tertiary/aromatic N) is 4. The Balaban J connectivity index is 1.67. The highest BCUT2D eigenvalue weighted by Gasteiger charge is 2.28. The maximum absolute atomic E-state index is 13.0. The summed E-state index contributed by atoms with van der Waals surface area (Å²) in [6.07, 6.45) is 2.63. The predicted octanol–water partition coefficient (Wildman–Crippen LogP) is 0.245. The Bertz CT molecular complexity index is 869. The molecule has 9 heteroatoms. The molecular formula is C19H28N4O4S. The fourth-order valence-corrected chi connectivity index (χ4v) is 4.65. The van der Waals surface area contributed by atoms with E-state index in [4.69, 9.17) is 0 Å². The average Bonchev–Trinajstić information content (AvgIpc) is 2.93. The number of rotatable bonds is 4. The van der Waals surface area contributed by atoms with Crippen molar-refractivity contribution in [3.05, 3.63) is 29.3 Å². The standard InChI is InChI=1S/C19H28N4O4S/c1-20(2)18(24)14-21-8-4-9-22(12-11-21)19(25)16-5-6-17-15(13-16)7-10-23(17)28(3,26)27/h5-6,13H,4,7-12,14H2,1-3H3. The van der Waals surface area contributed by atoms with Crippen LogP contribution in [0.1, 0.15) is 22.3 Å². The van der Waals surface area contributed by atoms with Crippen LogP contribution in [0.5, 0.6) is 0 Å². The molecule has 1 saturated heterocycles. The molecule has 0 aliphatic carbocycles. The molecule has 2 aliphatic heterocycles. The monoisotopic (exact) mass is 408 g/mol. The molecule has 0 aromatic heterocycles. The van der Waals surface area contributed by atoms with Gasteiger partial charge in [-0.3, -0.25) is 18.8 Å². The number of carbonyl (C=O) groups is 2. The summed E-state index contributed by atoms with van der Waals surface area (Å²) >= 11 is 0. The van der Waals surface area contributed by atoms with Gasteiger partial charge in [-0.05, 0) is 36.6 Å². The molecule has 0 N–H and O–H groups in total. The van der Waals surface area contributed by atoms with E-state index in [0.717, 1.165) is 18.5 Å². The van der Waals surface area contributed by atoms with E-state index in [1.807, 2.05) is 11.0 Å². The largest absolute Gasteiger partial charge is 0.348 e. The maximum atomic E-state index is 13.0. The number of anilines is 1. The zero-order chi connectivity index (χ0) is 20.5. The van der Waals surface area contributed by atoms with Gasteiger partial charge in [0.25, 0.3) is 5.91 Å². The molecule has 0 atom stereocenters. The lowest BCUT2D eigenvalue weighted by Crippen LogP contribution is -2.39. The topological polar surface area (TPSA) is 81.2 Å². The lowest BCUT2D eigenvalue weighted by molar-refractivity contribution is -0.129. The van der Waals surface area contributed by atoms with Crippen molar-refractivity contribution in [1.82, 2.24) is 14.7 Å². The molecule has 3 rings (SSSR count). The number of fused-ring (bicyclic) bond motifs is 1. The summed E-state index contributed by atoms with van der Waals surface area (Å²) in [6, 6.07) is 5.26. The first kappa shape index (κ1) is 20.6. The molecule has 2 amide bonds. The van der Waals surface area contributed by atoms with Crippen molar-refractivity contribution >= 4 is 27.5 Å². The van der Waals surface area contributed by atoms with Gasteiger partial charge in [-0.1, -0.05) is 0 Å². The van der Waals surface area contributed by atoms with Gasteiger partial charge in [0.15, 0.2) is 0 Å². The minimum atomic E-state index is -3.30. The molecular weight excluding hydrogens is 380 g/mol. The van der Waals surface area contributed by atoms with E-state index in [1.54, 1.807) is 31.1 Å². The molecule has 1 aromatic carbocycles. The van der Waals surface area contributed by atoms with Gasteiger partial charge in [0.05, 0.1) is 18.5 Å². The quantitative estimate of drug-likeness (QED) is 0.713. The highest BCUT2D eigenvalue weighted by atomic mass is 32.2. The van der Waals surface area contributed by atoms with Crippen LogP contribution in [0.3, 0.4) is 0 Å².